The average Bonchev–Trinajstić information content (AvgIpc) is 2.59. The zero-order chi connectivity index (χ0) is 17.9. The summed E-state index contributed by atoms with van der Waals surface area (Å²) in [6, 6.07) is 3.00. The van der Waals surface area contributed by atoms with Crippen LogP contribution in [-0.2, 0) is 0 Å². The van der Waals surface area contributed by atoms with Gasteiger partial charge in [-0.05, 0) is 25.0 Å². The van der Waals surface area contributed by atoms with E-state index in [4.69, 9.17) is 14.2 Å². The van der Waals surface area contributed by atoms with Crippen LogP contribution in [0, 0.1) is 5.92 Å². The van der Waals surface area contributed by atoms with Gasteiger partial charge in [-0.2, -0.15) is 13.2 Å². The van der Waals surface area contributed by atoms with E-state index in [1.54, 1.807) is 0 Å². The fourth-order valence-corrected chi connectivity index (χ4v) is 2.80. The largest absolute Gasteiger partial charge is 0.493 e. The average molecular weight is 347 g/mol. The number of benzene rings is 1. The molecule has 8 heteroatoms. The summed E-state index contributed by atoms with van der Waals surface area (Å²) in [5.41, 5.74) is 0.287. The Labute approximate surface area is 138 Å². The molecule has 0 aromatic heterocycles. The Bertz CT molecular complexity index is 570. The Morgan fingerprint density at radius 3 is 1.92 bits per heavy atom. The molecule has 134 valence electrons. The Morgan fingerprint density at radius 2 is 1.54 bits per heavy atom. The second-order valence-electron chi connectivity index (χ2n) is 5.52. The van der Waals surface area contributed by atoms with Gasteiger partial charge in [0, 0.05) is 18.7 Å². The van der Waals surface area contributed by atoms with Crippen molar-refractivity contribution in [1.29, 1.82) is 0 Å². The Balaban J connectivity index is 2.19. The van der Waals surface area contributed by atoms with Crippen LogP contribution in [0.25, 0.3) is 0 Å². The van der Waals surface area contributed by atoms with Crippen LogP contribution in [0.5, 0.6) is 17.2 Å². The Morgan fingerprint density at radius 1 is 1.04 bits per heavy atom. The summed E-state index contributed by atoms with van der Waals surface area (Å²) >= 11 is 0. The third-order valence-corrected chi connectivity index (χ3v) is 4.16. The number of halogens is 3. The lowest BCUT2D eigenvalue weighted by molar-refractivity contribution is -0.183. The van der Waals surface area contributed by atoms with Gasteiger partial charge < -0.3 is 19.1 Å². The number of likely N-dealkylation sites (tertiary alicyclic amines) is 1. The normalized spacial score (nSPS) is 16.0. The molecule has 0 N–H and O–H groups in total. The van der Waals surface area contributed by atoms with Crippen molar-refractivity contribution in [3.63, 3.8) is 0 Å². The van der Waals surface area contributed by atoms with Crippen LogP contribution in [0.2, 0.25) is 0 Å². The second kappa shape index (κ2) is 7.19. The standard InChI is InChI=1S/C16H20F3NO4/c1-22-12-8-10(9-13(23-2)14(12)24-3)15(21)20-6-4-11(5-7-20)16(17,18)19/h8-9,11H,4-7H2,1-3H3. The Kier molecular flexibility index (Phi) is 5.46. The molecule has 0 spiro atoms. The molecule has 5 nitrogen and oxygen atoms in total. The molecule has 1 amide bonds. The van der Waals surface area contributed by atoms with Gasteiger partial charge in [-0.25, -0.2) is 0 Å². The van der Waals surface area contributed by atoms with Gasteiger partial charge in [-0.1, -0.05) is 0 Å². The monoisotopic (exact) mass is 347 g/mol. The molecule has 0 bridgehead atoms. The van der Waals surface area contributed by atoms with Crippen molar-refractivity contribution < 1.29 is 32.2 Å². The molecule has 0 unspecified atom stereocenters. The van der Waals surface area contributed by atoms with Gasteiger partial charge in [0.25, 0.3) is 5.91 Å². The lowest BCUT2D eigenvalue weighted by Crippen LogP contribution is -2.42. The molecule has 0 radical (unpaired) electrons. The van der Waals surface area contributed by atoms with E-state index in [0.29, 0.717) is 17.2 Å². The topological polar surface area (TPSA) is 48.0 Å². The number of alkyl halides is 3. The van der Waals surface area contributed by atoms with Gasteiger partial charge in [-0.15, -0.1) is 0 Å². The molecular weight excluding hydrogens is 327 g/mol. The minimum atomic E-state index is -4.21. The maximum atomic E-state index is 12.7. The van der Waals surface area contributed by atoms with Gasteiger partial charge in [-0.3, -0.25) is 4.79 Å². The SMILES string of the molecule is COc1cc(C(=O)N2CCC(C(F)(F)F)CC2)cc(OC)c1OC. The quantitative estimate of drug-likeness (QED) is 0.840. The first kappa shape index (κ1) is 18.2. The highest BCUT2D eigenvalue weighted by Gasteiger charge is 2.41. The fourth-order valence-electron chi connectivity index (χ4n) is 2.80. The van der Waals surface area contributed by atoms with Crippen molar-refractivity contribution in [1.82, 2.24) is 4.90 Å². The maximum absolute atomic E-state index is 12.7. The van der Waals surface area contributed by atoms with E-state index in [0.717, 1.165) is 0 Å². The van der Waals surface area contributed by atoms with Crippen molar-refractivity contribution in [3.8, 4) is 17.2 Å². The van der Waals surface area contributed by atoms with Gasteiger partial charge in [0.2, 0.25) is 5.75 Å². The van der Waals surface area contributed by atoms with Gasteiger partial charge >= 0.3 is 6.18 Å². The predicted molar refractivity (Wildman–Crippen MR) is 80.8 cm³/mol. The van der Waals surface area contributed by atoms with Gasteiger partial charge in [0.15, 0.2) is 11.5 Å². The number of amides is 1. The highest BCUT2D eigenvalue weighted by atomic mass is 19.4. The van der Waals surface area contributed by atoms with E-state index in [-0.39, 0.29) is 37.4 Å². The van der Waals surface area contributed by atoms with Crippen LogP contribution in [-0.4, -0.2) is 51.4 Å². The fraction of sp³-hybridized carbons (Fsp3) is 0.562. The molecule has 0 atom stereocenters. The third-order valence-electron chi connectivity index (χ3n) is 4.16. The molecule has 1 saturated heterocycles. The van der Waals surface area contributed by atoms with Gasteiger partial charge in [0.05, 0.1) is 27.2 Å². The number of methoxy groups -OCH3 is 3. The van der Waals surface area contributed by atoms with Crippen molar-refractivity contribution in [2.24, 2.45) is 5.92 Å². The van der Waals surface area contributed by atoms with Crippen LogP contribution >= 0.6 is 0 Å². The van der Waals surface area contributed by atoms with E-state index >= 15 is 0 Å². The minimum absolute atomic E-state index is 0.0691. The third kappa shape index (κ3) is 3.68. The van der Waals surface area contributed by atoms with Gasteiger partial charge in [0.1, 0.15) is 0 Å². The summed E-state index contributed by atoms with van der Waals surface area (Å²) in [6.07, 6.45) is -4.37. The molecule has 2 rings (SSSR count). The number of carbonyl (C=O) groups excluding carboxylic acids is 1. The highest BCUT2D eigenvalue weighted by Crippen LogP contribution is 2.39. The molecule has 0 saturated carbocycles. The summed E-state index contributed by atoms with van der Waals surface area (Å²) in [5.74, 6) is -0.695. The van der Waals surface area contributed by atoms with Crippen LogP contribution < -0.4 is 14.2 Å². The van der Waals surface area contributed by atoms with Crippen molar-refractivity contribution in [2.45, 2.75) is 19.0 Å². The number of piperidine rings is 1. The lowest BCUT2D eigenvalue weighted by Gasteiger charge is -2.33. The first-order chi connectivity index (χ1) is 11.3. The summed E-state index contributed by atoms with van der Waals surface area (Å²) in [7, 11) is 4.31. The number of hydrogen-bond donors (Lipinski definition) is 0. The molecule has 1 aliphatic heterocycles. The number of hydrogen-bond acceptors (Lipinski definition) is 4. The molecule has 1 aromatic carbocycles. The summed E-state index contributed by atoms with van der Waals surface area (Å²) in [6.45, 7) is 0.138. The van der Waals surface area contributed by atoms with E-state index in [1.807, 2.05) is 0 Å². The number of ether oxygens (including phenoxy) is 3. The van der Waals surface area contributed by atoms with E-state index in [1.165, 1.54) is 38.4 Å². The molecular formula is C16H20F3NO4. The predicted octanol–water partition coefficient (Wildman–Crippen LogP) is 3.13. The molecule has 1 heterocycles. The molecule has 0 aliphatic carbocycles. The van der Waals surface area contributed by atoms with Crippen molar-refractivity contribution >= 4 is 5.91 Å². The molecule has 1 fully saturated rings. The lowest BCUT2D eigenvalue weighted by atomic mass is 9.96. The molecule has 1 aromatic rings. The molecule has 1 aliphatic rings. The first-order valence-electron chi connectivity index (χ1n) is 7.47. The first-order valence-corrected chi connectivity index (χ1v) is 7.47. The van der Waals surface area contributed by atoms with Crippen molar-refractivity contribution in [3.05, 3.63) is 17.7 Å². The van der Waals surface area contributed by atoms with Crippen LogP contribution in [0.4, 0.5) is 13.2 Å². The Hall–Kier alpha value is -2.12. The highest BCUT2D eigenvalue weighted by molar-refractivity contribution is 5.95. The van der Waals surface area contributed by atoms with Crippen LogP contribution in [0.1, 0.15) is 23.2 Å². The number of carbonyl (C=O) groups is 1. The smallest absolute Gasteiger partial charge is 0.391 e. The zero-order valence-corrected chi connectivity index (χ0v) is 13.8. The van der Waals surface area contributed by atoms with Crippen LogP contribution in [0.3, 0.4) is 0 Å². The van der Waals surface area contributed by atoms with E-state index < -0.39 is 12.1 Å². The van der Waals surface area contributed by atoms with Crippen LogP contribution in [0.15, 0.2) is 12.1 Å². The number of nitrogens with zero attached hydrogens (tertiary/aromatic N) is 1. The maximum Gasteiger partial charge on any atom is 0.391 e. The number of rotatable bonds is 4. The van der Waals surface area contributed by atoms with E-state index in [2.05, 4.69) is 0 Å². The van der Waals surface area contributed by atoms with Crippen molar-refractivity contribution in [2.75, 3.05) is 34.4 Å². The summed E-state index contributed by atoms with van der Waals surface area (Å²) in [4.78, 5) is 14.0. The zero-order valence-electron chi connectivity index (χ0n) is 13.8. The minimum Gasteiger partial charge on any atom is -0.493 e. The second-order valence-corrected chi connectivity index (χ2v) is 5.52. The summed E-state index contributed by atoms with van der Waals surface area (Å²) in [5, 5.41) is 0. The van der Waals surface area contributed by atoms with E-state index in [9.17, 15) is 18.0 Å². The molecule has 24 heavy (non-hydrogen) atoms. The summed E-state index contributed by atoms with van der Waals surface area (Å²) < 4.78 is 53.7.